The molecule has 0 saturated heterocycles. The topological polar surface area (TPSA) is 35.5 Å². The summed E-state index contributed by atoms with van der Waals surface area (Å²) < 4.78 is 27.1. The average molecular weight is 519 g/mol. The minimum absolute atomic E-state index is 0.0675. The van der Waals surface area contributed by atoms with E-state index in [0.717, 1.165) is 22.0 Å². The van der Waals surface area contributed by atoms with Crippen LogP contribution in [0.4, 0.5) is 4.39 Å². The highest BCUT2D eigenvalue weighted by atomic mass is 79.9. The second kappa shape index (κ2) is 11.3. The van der Waals surface area contributed by atoms with E-state index in [1.165, 1.54) is 23.3 Å². The van der Waals surface area contributed by atoms with E-state index in [1.807, 2.05) is 6.92 Å². The molecular formula is C28H36BrFO3. The van der Waals surface area contributed by atoms with Crippen molar-refractivity contribution in [2.45, 2.75) is 67.2 Å². The van der Waals surface area contributed by atoms with Crippen LogP contribution < -0.4 is 4.74 Å². The summed E-state index contributed by atoms with van der Waals surface area (Å²) in [5.41, 5.74) is 5.36. The first-order valence-corrected chi connectivity index (χ1v) is 12.3. The van der Waals surface area contributed by atoms with Crippen LogP contribution in [-0.2, 0) is 14.9 Å². The molecule has 1 aliphatic rings. The molecule has 180 valence electrons. The molecule has 0 unspecified atom stereocenters. The largest absolute Gasteiger partial charge is 0.492 e. The van der Waals surface area contributed by atoms with Gasteiger partial charge in [-0.1, -0.05) is 39.8 Å². The number of carbonyl (C=O) groups excluding carboxylic acids is 1. The van der Waals surface area contributed by atoms with Crippen molar-refractivity contribution in [2.75, 3.05) is 13.2 Å². The van der Waals surface area contributed by atoms with Crippen molar-refractivity contribution < 1.29 is 18.7 Å². The molecule has 5 heteroatoms. The third-order valence-electron chi connectivity index (χ3n) is 5.84. The van der Waals surface area contributed by atoms with E-state index in [1.54, 1.807) is 26.8 Å². The number of benzene rings is 1. The summed E-state index contributed by atoms with van der Waals surface area (Å²) in [5, 5.41) is 0. The second-order valence-electron chi connectivity index (χ2n) is 9.27. The zero-order chi connectivity index (χ0) is 24.9. The lowest BCUT2D eigenvalue weighted by molar-refractivity contribution is -0.137. The monoisotopic (exact) mass is 518 g/mol. The first-order chi connectivity index (χ1) is 15.4. The number of hydrogen-bond acceptors (Lipinski definition) is 3. The molecule has 0 spiro atoms. The normalized spacial score (nSPS) is 16.5. The van der Waals surface area contributed by atoms with Gasteiger partial charge >= 0.3 is 5.97 Å². The minimum Gasteiger partial charge on any atom is -0.492 e. The molecule has 0 saturated carbocycles. The molecule has 0 bridgehead atoms. The van der Waals surface area contributed by atoms with Crippen molar-refractivity contribution in [2.24, 2.45) is 5.92 Å². The molecule has 3 nitrogen and oxygen atoms in total. The van der Waals surface area contributed by atoms with Crippen molar-refractivity contribution in [1.29, 1.82) is 0 Å². The molecule has 0 amide bonds. The first-order valence-electron chi connectivity index (χ1n) is 11.5. The lowest BCUT2D eigenvalue weighted by Crippen LogP contribution is -2.24. The van der Waals surface area contributed by atoms with Gasteiger partial charge in [-0.05, 0) is 101 Å². The zero-order valence-corrected chi connectivity index (χ0v) is 22.7. The molecule has 0 aliphatic heterocycles. The Bertz CT molecular complexity index is 1030. The Morgan fingerprint density at radius 3 is 2.45 bits per heavy atom. The zero-order valence-electron chi connectivity index (χ0n) is 21.1. The number of fused-ring (bicyclic) bond motifs is 1. The van der Waals surface area contributed by atoms with Crippen molar-refractivity contribution in [3.05, 3.63) is 62.9 Å². The van der Waals surface area contributed by atoms with E-state index >= 15 is 4.39 Å². The standard InChI is InChI=1S/C28H36BrFO3/c1-9-32-24(31)15-18(5)11-12-23(30)19(6)21-16-22-20(17(3)4)13-14-28(7,8)25(22)26(29)27(21)33-10-2/h11-13,15-17H,9-10,14H2,1-8H3. The predicted octanol–water partition coefficient (Wildman–Crippen LogP) is 8.33. The summed E-state index contributed by atoms with van der Waals surface area (Å²) in [5.74, 6) is 0.189. The molecule has 1 aromatic rings. The summed E-state index contributed by atoms with van der Waals surface area (Å²) in [4.78, 5) is 11.6. The number of allylic oxidation sites excluding steroid dienone is 7. The number of ether oxygens (including phenoxy) is 2. The summed E-state index contributed by atoms with van der Waals surface area (Å²) in [6.07, 6.45) is 7.56. The van der Waals surface area contributed by atoms with Crippen LogP contribution >= 0.6 is 15.9 Å². The molecule has 0 atom stereocenters. The average Bonchev–Trinajstić information content (AvgIpc) is 2.72. The molecule has 2 rings (SSSR count). The van der Waals surface area contributed by atoms with Gasteiger partial charge in [0.1, 0.15) is 11.6 Å². The Morgan fingerprint density at radius 1 is 1.21 bits per heavy atom. The van der Waals surface area contributed by atoms with E-state index in [9.17, 15) is 4.79 Å². The Morgan fingerprint density at radius 2 is 1.88 bits per heavy atom. The van der Waals surface area contributed by atoms with Gasteiger partial charge in [-0.3, -0.25) is 0 Å². The van der Waals surface area contributed by atoms with Gasteiger partial charge in [0.05, 0.1) is 17.7 Å². The second-order valence-corrected chi connectivity index (χ2v) is 10.1. The third kappa shape index (κ3) is 6.26. The van der Waals surface area contributed by atoms with Gasteiger partial charge in [-0.25, -0.2) is 9.18 Å². The van der Waals surface area contributed by atoms with Crippen LogP contribution in [0, 0.1) is 5.92 Å². The quantitative estimate of drug-likeness (QED) is 0.197. The Labute approximate surface area is 206 Å². The molecule has 0 aromatic heterocycles. The van der Waals surface area contributed by atoms with Crippen LogP contribution in [0.2, 0.25) is 0 Å². The van der Waals surface area contributed by atoms with Gasteiger partial charge in [-0.2, -0.15) is 0 Å². The van der Waals surface area contributed by atoms with Crippen molar-refractivity contribution in [3.8, 4) is 5.75 Å². The maximum Gasteiger partial charge on any atom is 0.330 e. The molecule has 0 heterocycles. The highest BCUT2D eigenvalue weighted by Gasteiger charge is 2.34. The maximum absolute atomic E-state index is 15.3. The molecule has 33 heavy (non-hydrogen) atoms. The van der Waals surface area contributed by atoms with Crippen LogP contribution in [0.15, 0.2) is 46.2 Å². The Kier molecular flexibility index (Phi) is 9.30. The fourth-order valence-corrected chi connectivity index (χ4v) is 5.16. The van der Waals surface area contributed by atoms with E-state index in [-0.39, 0.29) is 11.2 Å². The van der Waals surface area contributed by atoms with Crippen LogP contribution in [0.1, 0.15) is 78.5 Å². The fraction of sp³-hybridized carbons (Fsp3) is 0.464. The van der Waals surface area contributed by atoms with E-state index in [0.29, 0.717) is 36.0 Å². The Balaban J connectivity index is 2.65. The fourth-order valence-electron chi connectivity index (χ4n) is 4.09. The van der Waals surface area contributed by atoms with Gasteiger partial charge in [0, 0.05) is 11.6 Å². The Hall–Kier alpha value is -2.14. The van der Waals surface area contributed by atoms with Crippen molar-refractivity contribution in [3.63, 3.8) is 0 Å². The smallest absolute Gasteiger partial charge is 0.330 e. The molecule has 1 aromatic carbocycles. The third-order valence-corrected chi connectivity index (χ3v) is 6.60. The van der Waals surface area contributed by atoms with E-state index in [4.69, 9.17) is 9.47 Å². The van der Waals surface area contributed by atoms with Crippen molar-refractivity contribution in [1.82, 2.24) is 0 Å². The number of hydrogen-bond donors (Lipinski definition) is 0. The number of rotatable bonds is 8. The van der Waals surface area contributed by atoms with Crippen LogP contribution in [-0.4, -0.2) is 19.2 Å². The molecule has 0 N–H and O–H groups in total. The summed E-state index contributed by atoms with van der Waals surface area (Å²) >= 11 is 3.82. The molecular weight excluding hydrogens is 483 g/mol. The van der Waals surface area contributed by atoms with Crippen LogP contribution in [0.25, 0.3) is 11.1 Å². The summed E-state index contributed by atoms with van der Waals surface area (Å²) in [7, 11) is 0. The van der Waals surface area contributed by atoms with E-state index in [2.05, 4.69) is 55.8 Å². The minimum atomic E-state index is -0.436. The van der Waals surface area contributed by atoms with Crippen molar-refractivity contribution >= 4 is 33.0 Å². The predicted molar refractivity (Wildman–Crippen MR) is 139 cm³/mol. The molecule has 0 radical (unpaired) electrons. The van der Waals surface area contributed by atoms with Gasteiger partial charge in [0.15, 0.2) is 0 Å². The molecule has 1 aliphatic carbocycles. The number of halogens is 2. The lowest BCUT2D eigenvalue weighted by atomic mass is 9.70. The van der Waals surface area contributed by atoms with Gasteiger partial charge in [0.25, 0.3) is 0 Å². The molecule has 0 fully saturated rings. The highest BCUT2D eigenvalue weighted by molar-refractivity contribution is 9.10. The summed E-state index contributed by atoms with van der Waals surface area (Å²) in [6.45, 7) is 16.8. The highest BCUT2D eigenvalue weighted by Crippen LogP contribution is 2.50. The lowest BCUT2D eigenvalue weighted by Gasteiger charge is -2.36. The van der Waals surface area contributed by atoms with Crippen LogP contribution in [0.5, 0.6) is 5.75 Å². The number of carbonyl (C=O) groups is 1. The van der Waals surface area contributed by atoms with Gasteiger partial charge in [0.2, 0.25) is 0 Å². The number of esters is 1. The van der Waals surface area contributed by atoms with Gasteiger partial charge < -0.3 is 9.47 Å². The summed E-state index contributed by atoms with van der Waals surface area (Å²) in [6, 6.07) is 2.07. The maximum atomic E-state index is 15.3. The SMILES string of the molecule is CCOC(=O)C=C(C)C=CC(F)=C(C)c1cc2c(c(Br)c1OCC)C(C)(C)CC=C2C(C)C. The van der Waals surface area contributed by atoms with Gasteiger partial charge in [-0.15, -0.1) is 0 Å². The van der Waals surface area contributed by atoms with E-state index < -0.39 is 5.97 Å². The first kappa shape index (κ1) is 27.1. The van der Waals surface area contributed by atoms with Crippen LogP contribution in [0.3, 0.4) is 0 Å².